The van der Waals surface area contributed by atoms with Crippen LogP contribution < -0.4 is 10.4 Å². The van der Waals surface area contributed by atoms with E-state index < -0.39 is 56.7 Å². The first kappa shape index (κ1) is 37.9. The number of benzene rings is 3. The quantitative estimate of drug-likeness (QED) is 0.126. The summed E-state index contributed by atoms with van der Waals surface area (Å²) in [6, 6.07) is 27.3. The van der Waals surface area contributed by atoms with Crippen LogP contribution in [0.15, 0.2) is 102 Å². The van der Waals surface area contributed by atoms with Gasteiger partial charge < -0.3 is 24.5 Å². The molecule has 4 atom stereocenters. The number of phenols is 1. The number of allylic oxidation sites excluding steroid dienone is 1. The Morgan fingerprint density at radius 1 is 0.961 bits per heavy atom. The number of hydrogen-bond donors (Lipinski definition) is 3. The van der Waals surface area contributed by atoms with Gasteiger partial charge in [0.1, 0.15) is 5.75 Å². The van der Waals surface area contributed by atoms with E-state index in [1.807, 2.05) is 61.5 Å². The van der Waals surface area contributed by atoms with E-state index in [1.165, 1.54) is 0 Å². The van der Waals surface area contributed by atoms with Gasteiger partial charge in [0.15, 0.2) is 0 Å². The molecule has 2 aliphatic rings. The van der Waals surface area contributed by atoms with Crippen LogP contribution in [0.4, 0.5) is 4.79 Å². The van der Waals surface area contributed by atoms with Crippen molar-refractivity contribution in [3.05, 3.63) is 107 Å². The molecule has 1 aliphatic carbocycles. The first-order valence-electron chi connectivity index (χ1n) is 17.6. The second-order valence-corrected chi connectivity index (χ2v) is 18.7. The van der Waals surface area contributed by atoms with Gasteiger partial charge in [0.25, 0.3) is 8.32 Å². The lowest BCUT2D eigenvalue weighted by molar-refractivity contribution is -0.137. The van der Waals surface area contributed by atoms with Crippen molar-refractivity contribution in [3.8, 4) is 5.75 Å². The zero-order chi connectivity index (χ0) is 36.9. The Bertz CT molecular complexity index is 1740. The third kappa shape index (κ3) is 7.37. The molecule has 0 unspecified atom stereocenters. The van der Waals surface area contributed by atoms with E-state index in [4.69, 9.17) is 9.16 Å². The van der Waals surface area contributed by atoms with Gasteiger partial charge in [-0.15, -0.1) is 0 Å². The molecule has 270 valence electrons. The van der Waals surface area contributed by atoms with Gasteiger partial charge in [-0.2, -0.15) is 4.90 Å². The van der Waals surface area contributed by atoms with Crippen molar-refractivity contribution < 1.29 is 38.9 Å². The number of hydrogen-bond acceptors (Lipinski definition) is 8. The zero-order valence-electron chi connectivity index (χ0n) is 30.0. The Balaban J connectivity index is 1.59. The molecule has 3 amide bonds. The molecule has 0 spiro atoms. The van der Waals surface area contributed by atoms with Crippen LogP contribution in [-0.4, -0.2) is 72.9 Å². The van der Waals surface area contributed by atoms with Crippen LogP contribution in [0, 0.1) is 17.8 Å². The summed E-state index contributed by atoms with van der Waals surface area (Å²) < 4.78 is 12.1. The van der Waals surface area contributed by atoms with Crippen molar-refractivity contribution in [2.75, 3.05) is 20.3 Å². The number of carbonyl (C=O) groups is 3. The molecule has 0 bridgehead atoms. The van der Waals surface area contributed by atoms with Crippen molar-refractivity contribution in [1.82, 2.24) is 4.90 Å². The molecule has 0 radical (unpaired) electrons. The first-order chi connectivity index (χ1) is 24.4. The second-order valence-electron chi connectivity index (χ2n) is 14.4. The van der Waals surface area contributed by atoms with Crippen LogP contribution in [0.25, 0.3) is 6.08 Å². The van der Waals surface area contributed by atoms with Crippen molar-refractivity contribution in [1.29, 1.82) is 0 Å². The number of imide groups is 3. The highest BCUT2D eigenvalue weighted by molar-refractivity contribution is 6.99. The Hall–Kier alpha value is -4.35. The molecule has 51 heavy (non-hydrogen) atoms. The van der Waals surface area contributed by atoms with Crippen LogP contribution >= 0.6 is 0 Å². The average molecular weight is 712 g/mol. The zero-order valence-corrected chi connectivity index (χ0v) is 31.0. The summed E-state index contributed by atoms with van der Waals surface area (Å²) in [4.78, 5) is 40.5. The fourth-order valence-electron chi connectivity index (χ4n) is 7.98. The maximum atomic E-state index is 13.7. The minimum Gasteiger partial charge on any atom is -0.507 e. The normalized spacial score (nSPS) is 20.4. The number of fused-ring (bicyclic) bond motifs is 1. The highest BCUT2D eigenvalue weighted by atomic mass is 28.4. The molecule has 3 aromatic carbocycles. The van der Waals surface area contributed by atoms with Gasteiger partial charge in [-0.3, -0.25) is 9.59 Å². The van der Waals surface area contributed by atoms with Crippen LogP contribution in [0.3, 0.4) is 0 Å². The minimum absolute atomic E-state index is 0.0491. The monoisotopic (exact) mass is 711 g/mol. The number of carbonyl (C=O) groups excluding carboxylic acids is 3. The summed E-state index contributed by atoms with van der Waals surface area (Å²) in [7, 11) is -1.96. The van der Waals surface area contributed by atoms with Crippen molar-refractivity contribution in [2.45, 2.75) is 64.5 Å². The predicted octanol–water partition coefficient (Wildman–Crippen LogP) is 5.58. The van der Waals surface area contributed by atoms with Crippen LogP contribution in [-0.2, 0) is 18.8 Å². The fraction of sp³-hybridized carbons (Fsp3) is 0.390. The van der Waals surface area contributed by atoms with E-state index in [2.05, 4.69) is 45.0 Å². The number of rotatable bonds is 12. The lowest BCUT2D eigenvalue weighted by Crippen LogP contribution is -2.66. The fourth-order valence-corrected chi connectivity index (χ4v) is 12.5. The van der Waals surface area contributed by atoms with Crippen LogP contribution in [0.5, 0.6) is 5.75 Å². The molecular weight excluding hydrogens is 663 g/mol. The number of aliphatic hydroxyl groups excluding tert-OH is 2. The summed E-state index contributed by atoms with van der Waals surface area (Å²) in [6.07, 6.45) is 1.27. The molecule has 0 aromatic heterocycles. The second kappa shape index (κ2) is 15.9. The van der Waals surface area contributed by atoms with Crippen LogP contribution in [0.1, 0.15) is 58.9 Å². The van der Waals surface area contributed by atoms with E-state index in [1.54, 1.807) is 12.1 Å². The van der Waals surface area contributed by atoms with E-state index >= 15 is 0 Å². The number of aromatic hydroxyl groups is 1. The number of amides is 3. The largest absolute Gasteiger partial charge is 0.507 e. The standard InChI is InChI=1S/C41H49NO8Si/c1-6-27(23-28-15-13-14-20-34(28)44)21-22-35(45)36-29(24-32-37(33(36)25-43)39(47)42(38(32)46)40(48)49-5)26-50-51(41(2,3)4,30-16-9-7-10-17-30)31-18-11-8-12-19-31/h7-20,23,32-33,35,37,43-45H,6,21-22,24-26H2,1-5H3/b27-23+/t32-,33+,35-,37-/m1/s1. The molecule has 0 saturated carbocycles. The van der Waals surface area contributed by atoms with Crippen molar-refractivity contribution >= 4 is 42.7 Å². The third-order valence-corrected chi connectivity index (χ3v) is 15.4. The molecule has 5 rings (SSSR count). The number of likely N-dealkylation sites (tertiary alicyclic amines) is 1. The molecule has 9 nitrogen and oxygen atoms in total. The highest BCUT2D eigenvalue weighted by Crippen LogP contribution is 2.47. The molecular formula is C41H49NO8Si. The average Bonchev–Trinajstić information content (AvgIpc) is 3.38. The Labute approximate surface area is 301 Å². The minimum atomic E-state index is -3.07. The Kier molecular flexibility index (Phi) is 11.8. The van der Waals surface area contributed by atoms with Gasteiger partial charge in [0.2, 0.25) is 11.8 Å². The molecule has 1 saturated heterocycles. The lowest BCUT2D eigenvalue weighted by Gasteiger charge is -2.44. The number of methoxy groups -OCH3 is 1. The number of para-hydroxylation sites is 1. The van der Waals surface area contributed by atoms with Gasteiger partial charge in [-0.25, -0.2) is 4.79 Å². The van der Waals surface area contributed by atoms with E-state index in [-0.39, 0.29) is 30.2 Å². The van der Waals surface area contributed by atoms with E-state index in [0.29, 0.717) is 34.5 Å². The van der Waals surface area contributed by atoms with Crippen molar-refractivity contribution in [2.24, 2.45) is 17.8 Å². The van der Waals surface area contributed by atoms with Gasteiger partial charge in [0.05, 0.1) is 38.3 Å². The van der Waals surface area contributed by atoms with E-state index in [0.717, 1.165) is 23.1 Å². The summed E-state index contributed by atoms with van der Waals surface area (Å²) in [5, 5.41) is 35.1. The van der Waals surface area contributed by atoms with Gasteiger partial charge in [-0.05, 0) is 58.3 Å². The van der Waals surface area contributed by atoms with Gasteiger partial charge >= 0.3 is 6.09 Å². The summed E-state index contributed by atoms with van der Waals surface area (Å²) in [6.45, 7) is 8.02. The summed E-state index contributed by atoms with van der Waals surface area (Å²) in [5.41, 5.74) is 2.79. The van der Waals surface area contributed by atoms with E-state index in [9.17, 15) is 29.7 Å². The molecule has 10 heteroatoms. The van der Waals surface area contributed by atoms with Crippen LogP contribution in [0.2, 0.25) is 5.04 Å². The maximum absolute atomic E-state index is 13.7. The number of ether oxygens (including phenoxy) is 1. The molecule has 3 aromatic rings. The maximum Gasteiger partial charge on any atom is 0.423 e. The number of phenolic OH excluding ortho intramolecular Hbond substituents is 1. The Morgan fingerprint density at radius 2 is 1.55 bits per heavy atom. The topological polar surface area (TPSA) is 134 Å². The predicted molar refractivity (Wildman–Crippen MR) is 199 cm³/mol. The SMILES string of the molecule is CC/C(=C\c1ccccc1O)CC[C@@H](O)C1=C(CO[Si](c2ccccc2)(c2ccccc2)C(C)(C)C)C[C@H]2C(=O)N(C(=O)OC)C(=O)[C@H]2[C@H]1CO. The number of aliphatic hydroxyl groups is 2. The summed E-state index contributed by atoms with van der Waals surface area (Å²) >= 11 is 0. The Morgan fingerprint density at radius 3 is 2.08 bits per heavy atom. The third-order valence-electron chi connectivity index (χ3n) is 10.5. The van der Waals surface area contributed by atoms with Gasteiger partial charge in [0, 0.05) is 11.5 Å². The van der Waals surface area contributed by atoms with Gasteiger partial charge in [-0.1, -0.05) is 118 Å². The molecule has 1 heterocycles. The smallest absolute Gasteiger partial charge is 0.423 e. The first-order valence-corrected chi connectivity index (χ1v) is 19.5. The number of nitrogens with zero attached hydrogens (tertiary/aromatic N) is 1. The molecule has 1 aliphatic heterocycles. The highest BCUT2D eigenvalue weighted by Gasteiger charge is 2.58. The molecule has 1 fully saturated rings. The van der Waals surface area contributed by atoms with Crippen molar-refractivity contribution in [3.63, 3.8) is 0 Å². The summed E-state index contributed by atoms with van der Waals surface area (Å²) in [5.74, 6) is -4.13. The molecule has 3 N–H and O–H groups in total. The lowest BCUT2D eigenvalue weighted by atomic mass is 9.68.